The zero-order valence-corrected chi connectivity index (χ0v) is 32.1. The molecule has 0 bridgehead atoms. The van der Waals surface area contributed by atoms with E-state index < -0.39 is 77.1 Å². The summed E-state index contributed by atoms with van der Waals surface area (Å²) in [6.45, 7) is 17.6. The second kappa shape index (κ2) is 12.8. The molecule has 4 N–H and O–H groups in total. The van der Waals surface area contributed by atoms with Crippen LogP contribution in [0.4, 0.5) is 0 Å². The van der Waals surface area contributed by atoms with Gasteiger partial charge < -0.3 is 39.4 Å². The number of hydrogen-bond donors (Lipinski definition) is 4. The van der Waals surface area contributed by atoms with Crippen LogP contribution in [0.25, 0.3) is 0 Å². The van der Waals surface area contributed by atoms with Crippen LogP contribution in [0, 0.1) is 50.2 Å². The maximum Gasteiger partial charge on any atom is 0.309 e. The zero-order valence-electron chi connectivity index (χ0n) is 32.1. The number of esters is 2. The highest BCUT2D eigenvalue weighted by atomic mass is 16.7. The van der Waals surface area contributed by atoms with Gasteiger partial charge in [-0.05, 0) is 99.2 Å². The molecule has 1 saturated heterocycles. The fourth-order valence-corrected chi connectivity index (χ4v) is 12.6. The molecule has 1 aliphatic heterocycles. The molecule has 11 heteroatoms. The number of aliphatic hydroxyl groups is 3. The van der Waals surface area contributed by atoms with Gasteiger partial charge in [0.25, 0.3) is 0 Å². The molecule has 0 unspecified atom stereocenters. The lowest BCUT2D eigenvalue weighted by Gasteiger charge is -2.72. The normalized spacial score (nSPS) is 52.2. The van der Waals surface area contributed by atoms with Crippen molar-refractivity contribution in [2.45, 2.75) is 163 Å². The molecule has 0 aromatic carbocycles. The molecule has 0 amide bonds. The molecule has 5 aliphatic carbocycles. The predicted octanol–water partition coefficient (Wildman–Crippen LogP) is 5.17. The highest BCUT2D eigenvalue weighted by molar-refractivity contribution is 5.74. The molecular formula is C40H62O11. The molecule has 0 spiro atoms. The van der Waals surface area contributed by atoms with E-state index in [1.807, 2.05) is 13.8 Å². The van der Waals surface area contributed by atoms with Gasteiger partial charge in [0.15, 0.2) is 12.4 Å². The van der Waals surface area contributed by atoms with Crippen molar-refractivity contribution in [3.63, 3.8) is 0 Å². The van der Waals surface area contributed by atoms with Crippen molar-refractivity contribution in [1.82, 2.24) is 0 Å². The summed E-state index contributed by atoms with van der Waals surface area (Å²) in [5.74, 6) is -1.61. The standard InChI is InChI=1S/C40H62O11/c1-21-32(51-23(3)42)30(44)31(45)33(49-21)48-20-37(6)26-12-13-39(8)27(40(26,9)28(43)18-29(37)50-22(2)41)11-10-24-25-19-36(5,34(46)47)15-14-35(25,4)16-17-38(24,39)7/h10,21,25-33,43-45H,11-20H2,1-9H3,(H,46,47)/t21-,25+,26-,27+,28-,29-,30-,31+,32-,33+,35+,36+,37-,38+,39+,40-/m0/s1. The molecule has 0 aromatic heterocycles. The zero-order chi connectivity index (χ0) is 37.7. The van der Waals surface area contributed by atoms with E-state index in [4.69, 9.17) is 18.9 Å². The number of ether oxygens (including phenoxy) is 4. The van der Waals surface area contributed by atoms with Crippen molar-refractivity contribution in [3.05, 3.63) is 11.6 Å². The van der Waals surface area contributed by atoms with E-state index in [0.29, 0.717) is 12.8 Å². The van der Waals surface area contributed by atoms with Gasteiger partial charge in [0.05, 0.1) is 24.2 Å². The van der Waals surface area contributed by atoms with Crippen molar-refractivity contribution >= 4 is 17.9 Å². The van der Waals surface area contributed by atoms with E-state index in [1.54, 1.807) is 6.92 Å². The Labute approximate surface area is 302 Å². The van der Waals surface area contributed by atoms with Gasteiger partial charge in [-0.1, -0.05) is 46.3 Å². The lowest BCUT2D eigenvalue weighted by molar-refractivity contribution is -0.315. The summed E-state index contributed by atoms with van der Waals surface area (Å²) in [6, 6.07) is 0. The molecule has 0 radical (unpaired) electrons. The Balaban J connectivity index is 1.33. The number of hydrogen-bond acceptors (Lipinski definition) is 10. The summed E-state index contributed by atoms with van der Waals surface area (Å²) in [4.78, 5) is 36.6. The van der Waals surface area contributed by atoms with Crippen LogP contribution in [0.1, 0.15) is 120 Å². The molecular weight excluding hydrogens is 656 g/mol. The molecule has 51 heavy (non-hydrogen) atoms. The summed E-state index contributed by atoms with van der Waals surface area (Å²) in [6.07, 6.45) is 1.99. The first-order valence-electron chi connectivity index (χ1n) is 19.2. The van der Waals surface area contributed by atoms with Gasteiger partial charge in [-0.2, -0.15) is 0 Å². The fraction of sp³-hybridized carbons (Fsp3) is 0.875. The molecule has 0 aromatic rings. The molecule has 5 fully saturated rings. The Morgan fingerprint density at radius 1 is 0.882 bits per heavy atom. The SMILES string of the molecule is CC(=O)O[C@@H]1[C@@H](O)[C@@H](O)[C@H](OC[C@]2(C)[C@@H](OC(C)=O)C[C@H](O)[C@@]3(C)[C@H]2CC[C@]2(C)[C@H]3CC=C3[C@H]4C[C@](C)(C(=O)O)CC[C@]4(C)CC[C@]32C)O[C@H]1C. The number of rotatable bonds is 6. The second-order valence-electron chi connectivity index (χ2n) is 18.9. The largest absolute Gasteiger partial charge is 0.481 e. The smallest absolute Gasteiger partial charge is 0.309 e. The molecule has 16 atom stereocenters. The third-order valence-electron chi connectivity index (χ3n) is 16.2. The predicted molar refractivity (Wildman–Crippen MR) is 186 cm³/mol. The molecule has 288 valence electrons. The number of fused-ring (bicyclic) bond motifs is 7. The van der Waals surface area contributed by atoms with E-state index in [-0.39, 0.29) is 47.0 Å². The summed E-state index contributed by atoms with van der Waals surface area (Å²) in [5.41, 5.74) is -0.982. The fourth-order valence-electron chi connectivity index (χ4n) is 12.6. The number of carbonyl (C=O) groups excluding carboxylic acids is 2. The first-order valence-corrected chi connectivity index (χ1v) is 19.2. The Kier molecular flexibility index (Phi) is 9.69. The topological polar surface area (TPSA) is 169 Å². The third-order valence-corrected chi connectivity index (χ3v) is 16.2. The molecule has 6 aliphatic rings. The van der Waals surface area contributed by atoms with Crippen molar-refractivity contribution in [3.8, 4) is 0 Å². The Morgan fingerprint density at radius 2 is 1.53 bits per heavy atom. The highest BCUT2D eigenvalue weighted by Gasteiger charge is 2.71. The van der Waals surface area contributed by atoms with Crippen molar-refractivity contribution in [2.75, 3.05) is 6.61 Å². The van der Waals surface area contributed by atoms with E-state index in [9.17, 15) is 34.8 Å². The Bertz CT molecular complexity index is 1450. The molecule has 4 saturated carbocycles. The first-order chi connectivity index (χ1) is 23.6. The number of aliphatic carboxylic acids is 1. The van der Waals surface area contributed by atoms with Gasteiger partial charge in [0.1, 0.15) is 18.3 Å². The summed E-state index contributed by atoms with van der Waals surface area (Å²) in [7, 11) is 0. The maximum atomic E-state index is 12.5. The van der Waals surface area contributed by atoms with Crippen LogP contribution >= 0.6 is 0 Å². The second-order valence-corrected chi connectivity index (χ2v) is 18.9. The average molecular weight is 719 g/mol. The first kappa shape index (κ1) is 38.7. The molecule has 1 heterocycles. The van der Waals surface area contributed by atoms with Crippen molar-refractivity contribution in [2.24, 2.45) is 50.2 Å². The van der Waals surface area contributed by atoms with Gasteiger partial charge in [-0.25, -0.2) is 0 Å². The summed E-state index contributed by atoms with van der Waals surface area (Å²) >= 11 is 0. The number of carboxylic acids is 1. The van der Waals surface area contributed by atoms with Gasteiger partial charge in [0, 0.05) is 31.1 Å². The number of aliphatic hydroxyl groups excluding tert-OH is 3. The third kappa shape index (κ3) is 5.73. The number of carbonyl (C=O) groups is 3. The van der Waals surface area contributed by atoms with Crippen LogP contribution in [0.5, 0.6) is 0 Å². The number of allylic oxidation sites excluding steroid dienone is 2. The van der Waals surface area contributed by atoms with Gasteiger partial charge >= 0.3 is 17.9 Å². The van der Waals surface area contributed by atoms with Crippen LogP contribution in [-0.2, 0) is 33.3 Å². The van der Waals surface area contributed by atoms with Gasteiger partial charge in [0.2, 0.25) is 0 Å². The van der Waals surface area contributed by atoms with Crippen LogP contribution in [0.2, 0.25) is 0 Å². The van der Waals surface area contributed by atoms with Gasteiger partial charge in [-0.3, -0.25) is 14.4 Å². The van der Waals surface area contributed by atoms with Crippen LogP contribution < -0.4 is 0 Å². The summed E-state index contributed by atoms with van der Waals surface area (Å²) < 4.78 is 23.5. The van der Waals surface area contributed by atoms with Crippen LogP contribution in [0.3, 0.4) is 0 Å². The van der Waals surface area contributed by atoms with Crippen LogP contribution in [0.15, 0.2) is 11.6 Å². The highest BCUT2D eigenvalue weighted by Crippen LogP contribution is 2.76. The lowest BCUT2D eigenvalue weighted by atomic mass is 9.33. The summed E-state index contributed by atoms with van der Waals surface area (Å²) in [5, 5.41) is 44.4. The average Bonchev–Trinajstić information content (AvgIpc) is 3.04. The minimum absolute atomic E-state index is 0.0350. The quantitative estimate of drug-likeness (QED) is 0.211. The number of carboxylic acid groups (broad SMARTS) is 1. The van der Waals surface area contributed by atoms with E-state index in [1.165, 1.54) is 19.4 Å². The molecule has 11 nitrogen and oxygen atoms in total. The Hall–Kier alpha value is -2.05. The molecule has 6 rings (SSSR count). The maximum absolute atomic E-state index is 12.5. The van der Waals surface area contributed by atoms with E-state index >= 15 is 0 Å². The minimum Gasteiger partial charge on any atom is -0.481 e. The van der Waals surface area contributed by atoms with Crippen molar-refractivity contribution < 1.29 is 53.8 Å². The lowest BCUT2D eigenvalue weighted by Crippen LogP contribution is -2.69. The van der Waals surface area contributed by atoms with Crippen LogP contribution in [-0.4, -0.2) is 87.9 Å². The van der Waals surface area contributed by atoms with E-state index in [0.717, 1.165) is 38.5 Å². The van der Waals surface area contributed by atoms with Gasteiger partial charge in [-0.15, -0.1) is 0 Å². The minimum atomic E-state index is -1.49. The Morgan fingerprint density at radius 3 is 2.16 bits per heavy atom. The van der Waals surface area contributed by atoms with E-state index in [2.05, 4.69) is 33.8 Å². The van der Waals surface area contributed by atoms with Crippen molar-refractivity contribution in [1.29, 1.82) is 0 Å². The monoisotopic (exact) mass is 718 g/mol.